The number of carbonyl (C=O) groups excluding carboxylic acids is 5. The Kier molecular flexibility index (Phi) is 40.3. The molecule has 41 nitrogen and oxygen atoms in total. The number of unbranched alkanes of at least 4 members (excludes halogenated alkanes) is 3. The Balaban J connectivity index is 0.000000378. The van der Waals surface area contributed by atoms with Crippen molar-refractivity contribution < 1.29 is 182 Å². The van der Waals surface area contributed by atoms with E-state index in [0.717, 1.165) is 12.8 Å². The first-order chi connectivity index (χ1) is 49.5. The minimum absolute atomic E-state index is 0.0418. The highest BCUT2D eigenvalue weighted by Crippen LogP contribution is 2.35. The van der Waals surface area contributed by atoms with E-state index < -0.39 is 236 Å². The third kappa shape index (κ3) is 26.6. The van der Waals surface area contributed by atoms with Crippen molar-refractivity contribution in [1.29, 1.82) is 0 Å². The lowest BCUT2D eigenvalue weighted by molar-refractivity contribution is -0.366. The Labute approximate surface area is 597 Å². The van der Waals surface area contributed by atoms with E-state index in [2.05, 4.69) is 21.5 Å². The largest absolute Gasteiger partial charge is 0.394 e. The molecule has 104 heavy (non-hydrogen) atoms. The lowest BCUT2D eigenvalue weighted by Gasteiger charge is -2.46. The van der Waals surface area contributed by atoms with E-state index >= 15 is 4.39 Å². The third-order valence-electron chi connectivity index (χ3n) is 18.0. The number of nitrogens with one attached hydrogen (secondary N) is 4. The molecule has 0 saturated carbocycles. The van der Waals surface area contributed by atoms with Gasteiger partial charge in [0.05, 0.1) is 58.9 Å². The summed E-state index contributed by atoms with van der Waals surface area (Å²) in [5.41, 5.74) is 10.7. The van der Waals surface area contributed by atoms with Gasteiger partial charge in [-0.1, -0.05) is 6.42 Å². The number of carbonyl (C=O) groups is 5. The van der Waals surface area contributed by atoms with Crippen molar-refractivity contribution in [3.8, 4) is 0 Å². The predicted molar refractivity (Wildman–Crippen MR) is 340 cm³/mol. The highest BCUT2D eigenvalue weighted by molar-refractivity contribution is 5.82. The van der Waals surface area contributed by atoms with Crippen molar-refractivity contribution in [1.82, 2.24) is 21.5 Å². The fourth-order valence-electron chi connectivity index (χ4n) is 11.7. The second kappa shape index (κ2) is 46.1. The number of halogens is 1. The van der Waals surface area contributed by atoms with Gasteiger partial charge < -0.3 is 170 Å². The first-order valence-corrected chi connectivity index (χ1v) is 34.8. The van der Waals surface area contributed by atoms with Gasteiger partial charge in [0.2, 0.25) is 17.7 Å². The van der Waals surface area contributed by atoms with Crippen molar-refractivity contribution >= 4 is 29.3 Å². The second-order valence-electron chi connectivity index (χ2n) is 25.9. The molecule has 0 spiro atoms. The lowest BCUT2D eigenvalue weighted by atomic mass is 9.96. The highest BCUT2D eigenvalue weighted by Gasteiger charge is 2.55. The van der Waals surface area contributed by atoms with E-state index in [1.807, 2.05) is 6.92 Å². The molecule has 6 heterocycles. The van der Waals surface area contributed by atoms with Crippen LogP contribution < -0.4 is 27.2 Å². The van der Waals surface area contributed by atoms with Gasteiger partial charge in [0, 0.05) is 45.2 Å². The monoisotopic (exact) mass is 1520 g/mol. The number of hydrogen-bond acceptors (Lipinski definition) is 38. The molecule has 0 aliphatic carbocycles. The summed E-state index contributed by atoms with van der Waals surface area (Å²) in [6.45, 7) is -0.670. The van der Waals surface area contributed by atoms with Gasteiger partial charge in [-0.3, -0.25) is 29.4 Å². The quantitative estimate of drug-likeness (QED) is 0.0200. The summed E-state index contributed by atoms with van der Waals surface area (Å²) in [6, 6.07) is -0.535. The molecule has 6 fully saturated rings. The van der Waals surface area contributed by atoms with E-state index in [1.54, 1.807) is 0 Å². The number of hydrogen-bond donors (Lipinski definition) is 24. The van der Waals surface area contributed by atoms with Crippen LogP contribution >= 0.6 is 0 Å². The second-order valence-corrected chi connectivity index (χ2v) is 25.9. The molecule has 3 amide bonds. The van der Waals surface area contributed by atoms with Crippen LogP contribution in [0.5, 0.6) is 0 Å². The average molecular weight is 1520 g/mol. The average Bonchev–Trinajstić information content (AvgIpc) is 0.794. The molecular formula is C62H110FN5O36. The number of amides is 3. The lowest BCUT2D eigenvalue weighted by Crippen LogP contribution is -2.65. The van der Waals surface area contributed by atoms with Crippen molar-refractivity contribution in [3.63, 3.8) is 0 Å². The minimum atomic E-state index is -2.33. The summed E-state index contributed by atoms with van der Waals surface area (Å²) >= 11 is 0. The summed E-state index contributed by atoms with van der Waals surface area (Å²) < 4.78 is 81.8. The molecule has 606 valence electrons. The summed E-state index contributed by atoms with van der Waals surface area (Å²) in [7, 11) is 0. The summed E-state index contributed by atoms with van der Waals surface area (Å²) in [4.78, 5) is 60.2. The van der Waals surface area contributed by atoms with Gasteiger partial charge in [-0.05, 0) is 65.3 Å². The van der Waals surface area contributed by atoms with Crippen LogP contribution in [0.2, 0.25) is 0 Å². The number of aliphatic hydroxyl groups is 19. The summed E-state index contributed by atoms with van der Waals surface area (Å²) in [5, 5.41) is 199. The number of nitrogens with two attached hydrogens (primary N) is 1. The van der Waals surface area contributed by atoms with Gasteiger partial charge in [-0.15, -0.1) is 0 Å². The first-order valence-electron chi connectivity index (χ1n) is 34.8. The standard InChI is InChI=1S/C33H59FN4O18.C29H51NO18/c1-15(41)16(6-4-5-9-35)37-38-21(43)8-3-2-7-20(42)36-10-11-51-31-22(34)30(56-33-29(50)27(48)24(45)18(13-40)54-33)25(46)19(55-31)14-52-32-28(49)26(47)23(44)17(12-39)53-32;1-2-30-17(34)8-4-3-6-13(33)7-5-9-43-28-25(42)26(48-29-24(41)22(39)19(36)15(11-32)46-29)20(37)16(47-28)12-44-27-23(40)21(38)18(35)14(10-31)45-27/h16-19,22-33,37,39-40,44-50H,2-14,35H2,1H3,(H,36,42)(H,38,43);14-16,18-29,31-32,35-42H,2-12H2,1H3,(H,30,34)/t16-,17+,18+,19+,22+,23+,24+,25+,26-,27-,28-,29-,30+,31+,32-,33+;14-,15-,16-,18-,19-,20-,21+,22+,23+,24+,25+,26+,27+,28+,29-/m01/s1. The fraction of sp³-hybridized carbons (Fsp3) is 0.919. The van der Waals surface area contributed by atoms with Crippen LogP contribution in [0.15, 0.2) is 0 Å². The van der Waals surface area contributed by atoms with E-state index in [-0.39, 0.29) is 75.2 Å². The Hall–Kier alpha value is -3.64. The number of ketones is 2. The number of aliphatic hydroxyl groups excluding tert-OH is 19. The molecule has 31 atom stereocenters. The molecule has 0 bridgehead atoms. The molecule has 0 aromatic carbocycles. The molecule has 6 saturated heterocycles. The topological polar surface area (TPSA) is 655 Å². The van der Waals surface area contributed by atoms with Crippen LogP contribution in [0.25, 0.3) is 0 Å². The van der Waals surface area contributed by atoms with Gasteiger partial charge >= 0.3 is 0 Å². The molecule has 6 aliphatic rings. The van der Waals surface area contributed by atoms with Crippen LogP contribution in [-0.2, 0) is 80.8 Å². The van der Waals surface area contributed by atoms with Crippen molar-refractivity contribution in [3.05, 3.63) is 0 Å². The molecule has 42 heteroatoms. The van der Waals surface area contributed by atoms with Crippen molar-refractivity contribution in [2.75, 3.05) is 72.5 Å². The minimum Gasteiger partial charge on any atom is -0.394 e. The Morgan fingerprint density at radius 1 is 0.413 bits per heavy atom. The van der Waals surface area contributed by atoms with Gasteiger partial charge in [-0.25, -0.2) is 9.82 Å². The highest BCUT2D eigenvalue weighted by atomic mass is 19.1. The summed E-state index contributed by atoms with van der Waals surface area (Å²) in [6.07, 6.45) is -46.6. The molecule has 0 unspecified atom stereocenters. The molecule has 0 radical (unpaired) electrons. The number of Topliss-reactive ketones (excluding diaryl/α,β-unsaturated/α-hetero) is 2. The molecule has 6 rings (SSSR count). The SMILES string of the molecule is CC(=O)[C@H](CCCCN)NNC(=O)CCCCC(=O)NCCO[C@@H]1O[C@H](CO[C@H]2O[C@H](CO)[C@@H](O)[C@H](O)[C@@H]2O)[C@@H](O)[C@H](O[C@H]2O[C@H](CO)[C@@H](O)[C@H](O)[C@@H]2O)[C@H]1F.CCNC(=O)CCCCC(=O)CCCO[C@H]1O[C@H](CO[C@H]2O[C@H](CO)[C@@H](O)[C@H](O)[C@@H]2O)[C@@H](O)[C@H](O[C@H]2O[C@H](CO)[C@@H](O)[C@H](O)[C@@H]2O)[C@@H]1O. The van der Waals surface area contributed by atoms with E-state index in [1.165, 1.54) is 6.92 Å². The third-order valence-corrected chi connectivity index (χ3v) is 18.0. The summed E-state index contributed by atoms with van der Waals surface area (Å²) in [5.74, 6) is -1.03. The molecule has 0 aromatic rings. The number of alkyl halides is 1. The Morgan fingerprint density at radius 2 is 0.798 bits per heavy atom. The Morgan fingerprint density at radius 3 is 1.26 bits per heavy atom. The van der Waals surface area contributed by atoms with E-state index in [9.17, 15) is 121 Å². The number of rotatable bonds is 41. The van der Waals surface area contributed by atoms with Crippen molar-refractivity contribution in [2.45, 2.75) is 288 Å². The zero-order valence-corrected chi connectivity index (χ0v) is 57.8. The smallest absolute Gasteiger partial charge is 0.234 e. The molecular weight excluding hydrogens is 1410 g/mol. The maximum absolute atomic E-state index is 15.9. The van der Waals surface area contributed by atoms with E-state index in [0.29, 0.717) is 51.6 Å². The maximum Gasteiger partial charge on any atom is 0.234 e. The van der Waals surface area contributed by atoms with Gasteiger partial charge in [0.1, 0.15) is 152 Å². The molecule has 6 aliphatic heterocycles. The van der Waals surface area contributed by atoms with Gasteiger partial charge in [0.25, 0.3) is 0 Å². The Bertz CT molecular complexity index is 2500. The van der Waals surface area contributed by atoms with Crippen molar-refractivity contribution in [2.24, 2.45) is 5.73 Å². The number of ether oxygens (including phenoxy) is 12. The first kappa shape index (κ1) is 91.0. The number of hydrazine groups is 1. The van der Waals surface area contributed by atoms with Gasteiger partial charge in [-0.2, -0.15) is 0 Å². The van der Waals surface area contributed by atoms with Gasteiger partial charge in [0.15, 0.2) is 43.9 Å². The van der Waals surface area contributed by atoms with Crippen LogP contribution in [0, 0.1) is 0 Å². The maximum atomic E-state index is 15.9. The van der Waals surface area contributed by atoms with E-state index in [4.69, 9.17) is 62.6 Å². The molecule has 0 aromatic heterocycles. The van der Waals surface area contributed by atoms with Crippen LogP contribution in [-0.4, -0.2) is 389 Å². The fourth-order valence-corrected chi connectivity index (χ4v) is 11.7. The van der Waals surface area contributed by atoms with Crippen LogP contribution in [0.3, 0.4) is 0 Å². The predicted octanol–water partition coefficient (Wildman–Crippen LogP) is -11.7. The molecule has 25 N–H and O–H groups in total. The zero-order chi connectivity index (χ0) is 77.1. The normalized spacial score (nSPS) is 38.5. The van der Waals surface area contributed by atoms with Crippen LogP contribution in [0.1, 0.15) is 97.3 Å². The zero-order valence-electron chi connectivity index (χ0n) is 57.8. The van der Waals surface area contributed by atoms with Crippen LogP contribution in [0.4, 0.5) is 4.39 Å².